The number of hydrogen-bond donors (Lipinski definition) is 4. The van der Waals surface area contributed by atoms with Crippen LogP contribution in [0.25, 0.3) is 27.8 Å². The van der Waals surface area contributed by atoms with Crippen LogP contribution in [-0.4, -0.2) is 46.3 Å². The van der Waals surface area contributed by atoms with E-state index in [9.17, 15) is 4.79 Å². The Morgan fingerprint density at radius 2 is 1.86 bits per heavy atom. The Morgan fingerprint density at radius 3 is 2.60 bits per heavy atom. The molecule has 212 valence electrons. The van der Waals surface area contributed by atoms with E-state index in [-0.39, 0.29) is 6.42 Å². The predicted octanol–water partition coefficient (Wildman–Crippen LogP) is 4.80. The summed E-state index contributed by atoms with van der Waals surface area (Å²) in [6.07, 6.45) is 0.739. The molecule has 0 aliphatic rings. The second kappa shape index (κ2) is 11.3. The number of nitrogens with zero attached hydrogens (tertiary/aromatic N) is 6. The highest BCUT2D eigenvalue weighted by molar-refractivity contribution is 6.32. The molecule has 3 aromatic heterocycles. The number of fused-ring (bicyclic) bond motifs is 1. The molecule has 42 heavy (non-hydrogen) atoms. The number of nitrogen functional groups attached to an aromatic ring is 1. The molecule has 0 saturated heterocycles. The van der Waals surface area contributed by atoms with E-state index in [2.05, 4.69) is 30.7 Å². The maximum absolute atomic E-state index is 13.2. The lowest BCUT2D eigenvalue weighted by molar-refractivity contribution is -0.122. The molecule has 0 radical (unpaired) electrons. The van der Waals surface area contributed by atoms with Crippen LogP contribution in [0, 0.1) is 12.8 Å². The number of tetrazole rings is 1. The summed E-state index contributed by atoms with van der Waals surface area (Å²) < 4.78 is 1.61. The smallest absolute Gasteiger partial charge is 0.221 e. The van der Waals surface area contributed by atoms with Gasteiger partial charge in [0.2, 0.25) is 5.91 Å². The molecule has 0 aliphatic carbocycles. The lowest BCUT2D eigenvalue weighted by Gasteiger charge is -2.25. The molecule has 0 spiro atoms. The minimum atomic E-state index is -0.691. The van der Waals surface area contributed by atoms with Crippen molar-refractivity contribution in [2.45, 2.75) is 25.7 Å². The fourth-order valence-electron chi connectivity index (χ4n) is 5.28. The molecule has 0 bridgehead atoms. The second-order valence-electron chi connectivity index (χ2n) is 10.1. The van der Waals surface area contributed by atoms with Gasteiger partial charge in [-0.25, -0.2) is 4.98 Å². The highest BCUT2D eigenvalue weighted by Crippen LogP contribution is 2.36. The number of carbonyl (C=O) groups excluding carboxylic acids is 1. The van der Waals surface area contributed by atoms with Gasteiger partial charge in [0.05, 0.1) is 17.1 Å². The van der Waals surface area contributed by atoms with E-state index < -0.39 is 17.7 Å². The molecule has 0 fully saturated rings. The molecule has 1 unspecified atom stereocenters. The normalized spacial score (nSPS) is 12.9. The Morgan fingerprint density at radius 1 is 1.05 bits per heavy atom. The van der Waals surface area contributed by atoms with Gasteiger partial charge in [-0.05, 0) is 71.7 Å². The minimum absolute atomic E-state index is 0.259. The van der Waals surface area contributed by atoms with Crippen LogP contribution in [0.5, 0.6) is 0 Å². The van der Waals surface area contributed by atoms with Crippen molar-refractivity contribution in [3.05, 3.63) is 99.7 Å². The Labute approximate surface area is 250 Å². The van der Waals surface area contributed by atoms with Gasteiger partial charge in [0, 0.05) is 21.9 Å². The van der Waals surface area contributed by atoms with E-state index >= 15 is 0 Å². The largest absolute Gasteiger partial charge is 0.382 e. The van der Waals surface area contributed by atoms with E-state index in [4.69, 9.17) is 39.7 Å². The third kappa shape index (κ3) is 5.31. The standard InChI is InChI=1S/C29H26Cl2N10O/c1-15-36-39-40-41(15)24-10-8-19(30)12-18(24)13-21(28(33)42)22(11-16-5-3-2-4-6-16)29-34-25(26(31)35-29)17-7-9-20-23(14-17)37-38-27(20)32/h2-10,12,14,21-22H,11,13H2,1H3,(H2,33,42)(H,34,35)(H3,32,37,38)/t21?,22-/m0/s1. The number of aromatic nitrogens is 8. The van der Waals surface area contributed by atoms with Crippen molar-refractivity contribution in [2.24, 2.45) is 11.7 Å². The van der Waals surface area contributed by atoms with Crippen molar-refractivity contribution >= 4 is 45.8 Å². The van der Waals surface area contributed by atoms with Crippen LogP contribution in [0.1, 0.15) is 28.7 Å². The van der Waals surface area contributed by atoms with Crippen molar-refractivity contribution in [1.82, 2.24) is 40.4 Å². The Hall–Kier alpha value is -4.74. The summed E-state index contributed by atoms with van der Waals surface area (Å²) in [5.41, 5.74) is 16.6. The summed E-state index contributed by atoms with van der Waals surface area (Å²) in [6.45, 7) is 1.80. The Balaban J connectivity index is 1.43. The van der Waals surface area contributed by atoms with Gasteiger partial charge in [0.25, 0.3) is 0 Å². The fourth-order valence-corrected chi connectivity index (χ4v) is 5.72. The number of H-pyrrole nitrogens is 2. The number of anilines is 1. The number of carbonyl (C=O) groups is 1. The zero-order chi connectivity index (χ0) is 29.4. The molecule has 11 nitrogen and oxygen atoms in total. The fraction of sp³-hybridized carbons (Fsp3) is 0.172. The zero-order valence-corrected chi connectivity index (χ0v) is 23.9. The van der Waals surface area contributed by atoms with Gasteiger partial charge in [-0.3, -0.25) is 9.89 Å². The first kappa shape index (κ1) is 27.4. The van der Waals surface area contributed by atoms with Crippen LogP contribution in [0.3, 0.4) is 0 Å². The van der Waals surface area contributed by atoms with Crippen LogP contribution in [0.4, 0.5) is 5.82 Å². The summed E-state index contributed by atoms with van der Waals surface area (Å²) in [5, 5.41) is 20.5. The number of rotatable bonds is 9. The average molecular weight is 602 g/mol. The van der Waals surface area contributed by atoms with Gasteiger partial charge in [-0.15, -0.1) is 5.10 Å². The van der Waals surface area contributed by atoms with E-state index in [0.717, 1.165) is 27.6 Å². The second-order valence-corrected chi connectivity index (χ2v) is 10.9. The molecule has 0 saturated carbocycles. The predicted molar refractivity (Wildman–Crippen MR) is 161 cm³/mol. The molecule has 0 aliphatic heterocycles. The summed E-state index contributed by atoms with van der Waals surface area (Å²) in [6, 6.07) is 20.9. The van der Waals surface area contributed by atoms with Crippen LogP contribution < -0.4 is 11.5 Å². The van der Waals surface area contributed by atoms with Crippen LogP contribution in [0.15, 0.2) is 66.7 Å². The molecule has 1 amide bonds. The zero-order valence-electron chi connectivity index (χ0n) is 22.4. The molecule has 13 heteroatoms. The van der Waals surface area contributed by atoms with Gasteiger partial charge in [-0.2, -0.15) is 9.78 Å². The molecular weight excluding hydrogens is 575 g/mol. The highest BCUT2D eigenvalue weighted by atomic mass is 35.5. The first-order valence-corrected chi connectivity index (χ1v) is 13.9. The number of aryl methyl sites for hydroxylation is 1. The van der Waals surface area contributed by atoms with E-state index in [1.165, 1.54) is 0 Å². The quantitative estimate of drug-likeness (QED) is 0.184. The summed E-state index contributed by atoms with van der Waals surface area (Å²) >= 11 is 13.1. The number of primary amides is 1. The molecule has 3 heterocycles. The number of imidazole rings is 1. The van der Waals surface area contributed by atoms with Crippen molar-refractivity contribution in [1.29, 1.82) is 0 Å². The van der Waals surface area contributed by atoms with E-state index in [0.29, 0.717) is 45.4 Å². The lowest BCUT2D eigenvalue weighted by Crippen LogP contribution is -2.32. The van der Waals surface area contributed by atoms with Crippen molar-refractivity contribution in [2.75, 3.05) is 5.73 Å². The molecular formula is C29H26Cl2N10O. The number of nitrogens with one attached hydrogen (secondary N) is 2. The Kier molecular flexibility index (Phi) is 7.36. The average Bonchev–Trinajstić information content (AvgIpc) is 3.69. The van der Waals surface area contributed by atoms with Crippen molar-refractivity contribution in [3.63, 3.8) is 0 Å². The number of nitrogens with two attached hydrogens (primary N) is 2. The van der Waals surface area contributed by atoms with Gasteiger partial charge in [0.1, 0.15) is 16.7 Å². The lowest BCUT2D eigenvalue weighted by atomic mass is 9.81. The van der Waals surface area contributed by atoms with Gasteiger partial charge in [-0.1, -0.05) is 59.6 Å². The van der Waals surface area contributed by atoms with Crippen LogP contribution in [-0.2, 0) is 17.6 Å². The molecule has 2 atom stereocenters. The topological polar surface area (TPSA) is 170 Å². The van der Waals surface area contributed by atoms with Crippen LogP contribution in [0.2, 0.25) is 10.2 Å². The third-order valence-corrected chi connectivity index (χ3v) is 7.89. The minimum Gasteiger partial charge on any atom is -0.382 e. The van der Waals surface area contributed by atoms with Crippen molar-refractivity contribution < 1.29 is 4.79 Å². The van der Waals surface area contributed by atoms with Gasteiger partial charge in [0.15, 0.2) is 11.6 Å². The number of benzene rings is 3. The highest BCUT2D eigenvalue weighted by Gasteiger charge is 2.33. The maximum Gasteiger partial charge on any atom is 0.221 e. The van der Waals surface area contributed by atoms with Gasteiger partial charge < -0.3 is 16.5 Å². The summed E-state index contributed by atoms with van der Waals surface area (Å²) in [7, 11) is 0. The first-order chi connectivity index (χ1) is 20.3. The molecule has 3 aromatic carbocycles. The monoisotopic (exact) mass is 600 g/mol. The summed E-state index contributed by atoms with van der Waals surface area (Å²) in [4.78, 5) is 21.4. The van der Waals surface area contributed by atoms with E-state index in [1.54, 1.807) is 23.7 Å². The maximum atomic E-state index is 13.2. The molecule has 6 aromatic rings. The van der Waals surface area contributed by atoms with Crippen LogP contribution >= 0.6 is 23.2 Å². The number of hydrogen-bond acceptors (Lipinski definition) is 7. The molecule has 6 N–H and O–H groups in total. The number of amides is 1. The summed E-state index contributed by atoms with van der Waals surface area (Å²) in [5.74, 6) is -0.0928. The SMILES string of the molecule is Cc1nnnn1-c1ccc(Cl)cc1CC(C(N)=O)[C@H](Cc1ccccc1)c1nc(-c2ccc3c(N)n[nH]c3c2)c(Cl)[nH]1. The number of halogens is 2. The first-order valence-electron chi connectivity index (χ1n) is 13.1. The number of aromatic amines is 2. The van der Waals surface area contributed by atoms with E-state index in [1.807, 2.05) is 54.6 Å². The Bertz CT molecular complexity index is 1900. The van der Waals surface area contributed by atoms with Gasteiger partial charge >= 0.3 is 0 Å². The molecule has 6 rings (SSSR count). The third-order valence-electron chi connectivity index (χ3n) is 7.38. The van der Waals surface area contributed by atoms with Crippen molar-refractivity contribution in [3.8, 4) is 16.9 Å².